The highest BCUT2D eigenvalue weighted by atomic mass is 32.2. The summed E-state index contributed by atoms with van der Waals surface area (Å²) in [4.78, 5) is 9.34. The molecule has 1 aromatic heterocycles. The van der Waals surface area contributed by atoms with Gasteiger partial charge in [0.05, 0.1) is 15.6 Å². The number of amidine groups is 1. The van der Waals surface area contributed by atoms with Gasteiger partial charge in [0.2, 0.25) is 0 Å². The van der Waals surface area contributed by atoms with Crippen LogP contribution in [0.1, 0.15) is 37.0 Å². The predicted octanol–water partition coefficient (Wildman–Crippen LogP) is 2.72. The van der Waals surface area contributed by atoms with Crippen LogP contribution in [0.25, 0.3) is 0 Å². The van der Waals surface area contributed by atoms with Crippen molar-refractivity contribution in [3.8, 4) is 0 Å². The number of benzene rings is 1. The molecule has 2 aromatic rings. The summed E-state index contributed by atoms with van der Waals surface area (Å²) in [5, 5.41) is 3.15. The zero-order chi connectivity index (χ0) is 16.7. The van der Waals surface area contributed by atoms with Crippen LogP contribution < -0.4 is 4.72 Å². The topological polar surface area (TPSA) is 71.4 Å². The van der Waals surface area contributed by atoms with E-state index in [-0.39, 0.29) is 5.41 Å². The lowest BCUT2D eigenvalue weighted by atomic mass is 9.98. The molecule has 1 aliphatic heterocycles. The Morgan fingerprint density at radius 2 is 2.00 bits per heavy atom. The SMILES string of the molecule is CC(C)(C)c1nc(CCN=C2NS(=O)(=O)c3ccccc32)cs1. The fourth-order valence-corrected chi connectivity index (χ4v) is 4.49. The van der Waals surface area contributed by atoms with E-state index < -0.39 is 10.0 Å². The number of fused-ring (bicyclic) bond motifs is 1. The Morgan fingerprint density at radius 3 is 2.70 bits per heavy atom. The van der Waals surface area contributed by atoms with Gasteiger partial charge in [0, 0.05) is 29.3 Å². The second-order valence-electron chi connectivity index (χ2n) is 6.48. The number of aromatic nitrogens is 1. The van der Waals surface area contributed by atoms with E-state index in [2.05, 4.69) is 35.5 Å². The first kappa shape index (κ1) is 16.1. The molecule has 1 aliphatic rings. The first-order valence-corrected chi connectivity index (χ1v) is 9.75. The number of nitrogens with one attached hydrogen (secondary N) is 1. The van der Waals surface area contributed by atoms with Crippen molar-refractivity contribution >= 4 is 27.2 Å². The zero-order valence-electron chi connectivity index (χ0n) is 13.3. The Labute approximate surface area is 140 Å². The van der Waals surface area contributed by atoms with Crippen LogP contribution >= 0.6 is 11.3 Å². The maximum absolute atomic E-state index is 12.0. The number of sulfonamides is 1. The van der Waals surface area contributed by atoms with Crippen molar-refractivity contribution in [3.05, 3.63) is 45.9 Å². The molecule has 5 nitrogen and oxygen atoms in total. The molecule has 0 bridgehead atoms. The molecule has 122 valence electrons. The summed E-state index contributed by atoms with van der Waals surface area (Å²) in [6.07, 6.45) is 0.694. The maximum Gasteiger partial charge on any atom is 0.263 e. The van der Waals surface area contributed by atoms with Crippen molar-refractivity contribution in [2.45, 2.75) is 37.5 Å². The van der Waals surface area contributed by atoms with E-state index in [0.717, 1.165) is 10.7 Å². The Morgan fingerprint density at radius 1 is 1.26 bits per heavy atom. The van der Waals surface area contributed by atoms with Crippen LogP contribution in [0.15, 0.2) is 39.5 Å². The Balaban J connectivity index is 1.74. The zero-order valence-corrected chi connectivity index (χ0v) is 15.0. The van der Waals surface area contributed by atoms with Gasteiger partial charge in [-0.3, -0.25) is 9.71 Å². The number of thiazole rings is 1. The largest absolute Gasteiger partial charge is 0.267 e. The second-order valence-corrected chi connectivity index (χ2v) is 8.98. The van der Waals surface area contributed by atoms with Crippen LogP contribution in [-0.2, 0) is 21.9 Å². The molecule has 23 heavy (non-hydrogen) atoms. The molecule has 3 rings (SSSR count). The van der Waals surface area contributed by atoms with E-state index in [1.54, 1.807) is 29.5 Å². The Bertz CT molecular complexity index is 861. The lowest BCUT2D eigenvalue weighted by Gasteiger charge is -2.13. The Hall–Kier alpha value is -1.73. The number of rotatable bonds is 3. The molecule has 0 fully saturated rings. The average molecular weight is 349 g/mol. The molecule has 0 amide bonds. The van der Waals surface area contributed by atoms with Gasteiger partial charge in [-0.2, -0.15) is 0 Å². The number of aliphatic imine (C=N–C) groups is 1. The summed E-state index contributed by atoms with van der Waals surface area (Å²) in [5.41, 5.74) is 1.69. The van der Waals surface area contributed by atoms with Crippen LogP contribution in [0.3, 0.4) is 0 Å². The predicted molar refractivity (Wildman–Crippen MR) is 92.7 cm³/mol. The van der Waals surface area contributed by atoms with Gasteiger partial charge in [-0.05, 0) is 12.1 Å². The molecular formula is C16H19N3O2S2. The van der Waals surface area contributed by atoms with Gasteiger partial charge in [0.25, 0.3) is 10.0 Å². The number of nitrogens with zero attached hydrogens (tertiary/aromatic N) is 2. The van der Waals surface area contributed by atoms with E-state index in [0.29, 0.717) is 29.3 Å². The summed E-state index contributed by atoms with van der Waals surface area (Å²) < 4.78 is 26.5. The highest BCUT2D eigenvalue weighted by molar-refractivity contribution is 7.90. The minimum Gasteiger partial charge on any atom is -0.267 e. The smallest absolute Gasteiger partial charge is 0.263 e. The fourth-order valence-electron chi connectivity index (χ4n) is 2.30. The fraction of sp³-hybridized carbons (Fsp3) is 0.375. The first-order valence-electron chi connectivity index (χ1n) is 7.39. The summed E-state index contributed by atoms with van der Waals surface area (Å²) in [6, 6.07) is 6.89. The van der Waals surface area contributed by atoms with Gasteiger partial charge in [-0.15, -0.1) is 11.3 Å². The Kier molecular flexibility index (Phi) is 4.01. The number of hydrogen-bond acceptors (Lipinski definition) is 5. The molecule has 1 N–H and O–H groups in total. The van der Waals surface area contributed by atoms with Crippen LogP contribution in [0.2, 0.25) is 0 Å². The molecule has 7 heteroatoms. The summed E-state index contributed by atoms with van der Waals surface area (Å²) in [7, 11) is -3.46. The molecule has 2 heterocycles. The van der Waals surface area contributed by atoms with Gasteiger partial charge in [-0.1, -0.05) is 32.9 Å². The van der Waals surface area contributed by atoms with Gasteiger partial charge >= 0.3 is 0 Å². The van der Waals surface area contributed by atoms with Crippen molar-refractivity contribution in [2.75, 3.05) is 6.54 Å². The van der Waals surface area contributed by atoms with Crippen LogP contribution in [0.4, 0.5) is 0 Å². The molecule has 0 radical (unpaired) electrons. The molecule has 1 aromatic carbocycles. The number of hydrogen-bond donors (Lipinski definition) is 1. The molecule has 0 saturated heterocycles. The summed E-state index contributed by atoms with van der Waals surface area (Å²) in [5.74, 6) is 0.423. The molecule has 0 unspecified atom stereocenters. The highest BCUT2D eigenvalue weighted by Crippen LogP contribution is 2.26. The lowest BCUT2D eigenvalue weighted by Crippen LogP contribution is -2.22. The van der Waals surface area contributed by atoms with E-state index in [4.69, 9.17) is 0 Å². The maximum atomic E-state index is 12.0. The van der Waals surface area contributed by atoms with Crippen molar-refractivity contribution in [2.24, 2.45) is 4.99 Å². The van der Waals surface area contributed by atoms with E-state index in [1.165, 1.54) is 0 Å². The molecule has 0 atom stereocenters. The monoisotopic (exact) mass is 349 g/mol. The third kappa shape index (κ3) is 3.30. The van der Waals surface area contributed by atoms with E-state index in [1.807, 2.05) is 11.4 Å². The van der Waals surface area contributed by atoms with Crippen molar-refractivity contribution in [1.82, 2.24) is 9.71 Å². The lowest BCUT2D eigenvalue weighted by molar-refractivity contribution is 0.583. The first-order chi connectivity index (χ1) is 10.8. The van der Waals surface area contributed by atoms with Gasteiger partial charge in [0.15, 0.2) is 0 Å². The van der Waals surface area contributed by atoms with Gasteiger partial charge in [-0.25, -0.2) is 13.4 Å². The summed E-state index contributed by atoms with van der Waals surface area (Å²) >= 11 is 1.66. The minimum atomic E-state index is -3.46. The van der Waals surface area contributed by atoms with Crippen molar-refractivity contribution in [1.29, 1.82) is 0 Å². The van der Waals surface area contributed by atoms with Crippen molar-refractivity contribution < 1.29 is 8.42 Å². The standard InChI is InChI=1S/C16H19N3O2S2/c1-16(2,3)15-18-11(10-22-15)8-9-17-14-12-6-4-5-7-13(12)23(20,21)19-14/h4-7,10H,8-9H2,1-3H3,(H,17,19). The van der Waals surface area contributed by atoms with Crippen LogP contribution in [0, 0.1) is 0 Å². The molecule has 0 spiro atoms. The molecular weight excluding hydrogens is 330 g/mol. The van der Waals surface area contributed by atoms with E-state index in [9.17, 15) is 8.42 Å². The molecule has 0 saturated carbocycles. The quantitative estimate of drug-likeness (QED) is 0.926. The minimum absolute atomic E-state index is 0.0504. The average Bonchev–Trinajstić information content (AvgIpc) is 3.03. The summed E-state index contributed by atoms with van der Waals surface area (Å²) in [6.45, 7) is 6.92. The van der Waals surface area contributed by atoms with Crippen LogP contribution in [0.5, 0.6) is 0 Å². The molecule has 0 aliphatic carbocycles. The van der Waals surface area contributed by atoms with E-state index >= 15 is 0 Å². The highest BCUT2D eigenvalue weighted by Gasteiger charge is 2.29. The van der Waals surface area contributed by atoms with Gasteiger partial charge in [0.1, 0.15) is 5.84 Å². The van der Waals surface area contributed by atoms with Crippen LogP contribution in [-0.4, -0.2) is 25.8 Å². The third-order valence-electron chi connectivity index (χ3n) is 3.49. The van der Waals surface area contributed by atoms with Crippen molar-refractivity contribution in [3.63, 3.8) is 0 Å². The van der Waals surface area contributed by atoms with Gasteiger partial charge < -0.3 is 0 Å². The normalized spacial score (nSPS) is 18.0. The third-order valence-corrected chi connectivity index (χ3v) is 6.21. The second kappa shape index (κ2) is 5.72.